The zero-order valence-electron chi connectivity index (χ0n) is 13.7. The van der Waals surface area contributed by atoms with Crippen LogP contribution in [0.25, 0.3) is 0 Å². The van der Waals surface area contributed by atoms with Gasteiger partial charge in [0.15, 0.2) is 7.14 Å². The molecule has 5 radical (unpaired) electrons. The Labute approximate surface area is 150 Å². The standard InChI is InChI=1S/C23H18OP/c24-25(20-13-6-2-7-14-20,21-15-8-3-9-16-21)23-18-10-17-22(23)19-11-4-1-5-12-19/h1-18H. The van der Waals surface area contributed by atoms with Crippen LogP contribution in [0, 0.1) is 30.8 Å². The molecular formula is C23H18OP. The molecule has 0 bridgehead atoms. The van der Waals surface area contributed by atoms with Crippen LogP contribution in [-0.2, 0) is 4.57 Å². The molecule has 0 aromatic heterocycles. The molecule has 0 aliphatic heterocycles. The smallest absolute Gasteiger partial charge is 0.151 e. The molecule has 0 amide bonds. The molecule has 0 heterocycles. The van der Waals surface area contributed by atoms with E-state index in [4.69, 9.17) is 0 Å². The summed E-state index contributed by atoms with van der Waals surface area (Å²) in [7, 11) is -2.93. The van der Waals surface area contributed by atoms with Gasteiger partial charge in [0, 0.05) is 16.5 Å². The molecule has 0 saturated heterocycles. The van der Waals surface area contributed by atoms with Gasteiger partial charge in [0.1, 0.15) is 0 Å². The highest BCUT2D eigenvalue weighted by atomic mass is 31.2. The van der Waals surface area contributed by atoms with Gasteiger partial charge in [-0.3, -0.25) is 0 Å². The first-order valence-corrected chi connectivity index (χ1v) is 10.0. The zero-order chi connectivity index (χ0) is 17.1. The number of hydrogen-bond donors (Lipinski definition) is 0. The molecule has 2 heteroatoms. The Kier molecular flexibility index (Phi) is 4.59. The van der Waals surface area contributed by atoms with Crippen molar-refractivity contribution in [3.05, 3.63) is 127 Å². The molecule has 3 aromatic rings. The minimum absolute atomic E-state index is 0.865. The summed E-state index contributed by atoms with van der Waals surface area (Å²) in [5.41, 5.74) is 1.99. The SMILES string of the molecule is O=P([C]1[CH][CH][CH][C]1c1ccccc1)(c1ccccc1)c1ccccc1. The van der Waals surface area contributed by atoms with Crippen LogP contribution < -0.4 is 10.6 Å². The lowest BCUT2D eigenvalue weighted by Crippen LogP contribution is -2.23. The molecular weight excluding hydrogens is 323 g/mol. The van der Waals surface area contributed by atoms with E-state index in [1.807, 2.05) is 91.7 Å². The van der Waals surface area contributed by atoms with Crippen LogP contribution in [-0.4, -0.2) is 0 Å². The second-order valence-corrected chi connectivity index (χ2v) is 8.70. The lowest BCUT2D eigenvalue weighted by Gasteiger charge is -2.29. The van der Waals surface area contributed by atoms with Gasteiger partial charge in [0.2, 0.25) is 0 Å². The van der Waals surface area contributed by atoms with Crippen molar-refractivity contribution >= 4 is 17.8 Å². The molecule has 1 aliphatic carbocycles. The molecule has 121 valence electrons. The van der Waals surface area contributed by atoms with Crippen LogP contribution in [0.3, 0.4) is 0 Å². The molecule has 0 spiro atoms. The molecule has 1 aliphatic rings. The monoisotopic (exact) mass is 341 g/mol. The summed E-state index contributed by atoms with van der Waals surface area (Å²) in [4.78, 5) is 0. The summed E-state index contributed by atoms with van der Waals surface area (Å²) in [6.07, 6.45) is 6.06. The number of rotatable bonds is 4. The van der Waals surface area contributed by atoms with E-state index in [0.717, 1.165) is 27.7 Å². The van der Waals surface area contributed by atoms with Crippen molar-refractivity contribution in [2.24, 2.45) is 0 Å². The van der Waals surface area contributed by atoms with E-state index in [2.05, 4.69) is 18.6 Å². The number of benzene rings is 3. The Morgan fingerprint density at radius 2 is 1.04 bits per heavy atom. The lowest BCUT2D eigenvalue weighted by atomic mass is 9.97. The molecule has 3 aromatic carbocycles. The molecule has 4 rings (SSSR count). The van der Waals surface area contributed by atoms with Crippen molar-refractivity contribution in [3.63, 3.8) is 0 Å². The van der Waals surface area contributed by atoms with Gasteiger partial charge >= 0.3 is 0 Å². The average molecular weight is 341 g/mol. The van der Waals surface area contributed by atoms with Gasteiger partial charge in [0.25, 0.3) is 0 Å². The minimum Gasteiger partial charge on any atom is -0.313 e. The fourth-order valence-corrected chi connectivity index (χ4v) is 6.13. The van der Waals surface area contributed by atoms with Crippen molar-refractivity contribution < 1.29 is 4.57 Å². The van der Waals surface area contributed by atoms with Crippen molar-refractivity contribution in [2.45, 2.75) is 0 Å². The van der Waals surface area contributed by atoms with Gasteiger partial charge in [-0.05, 0) is 24.8 Å². The molecule has 0 N–H and O–H groups in total. The molecule has 0 unspecified atom stereocenters. The summed E-state index contributed by atoms with van der Waals surface area (Å²) in [5, 5.41) is 1.73. The topological polar surface area (TPSA) is 17.1 Å². The van der Waals surface area contributed by atoms with E-state index in [0.29, 0.717) is 0 Å². The fraction of sp³-hybridized carbons (Fsp3) is 0. The van der Waals surface area contributed by atoms with Crippen LogP contribution in [0.1, 0.15) is 5.56 Å². The second-order valence-electron chi connectivity index (χ2n) is 5.97. The van der Waals surface area contributed by atoms with Crippen LogP contribution in [0.15, 0.2) is 91.0 Å². The van der Waals surface area contributed by atoms with E-state index < -0.39 is 7.14 Å². The van der Waals surface area contributed by atoms with E-state index in [-0.39, 0.29) is 0 Å². The van der Waals surface area contributed by atoms with Crippen LogP contribution in [0.5, 0.6) is 0 Å². The Morgan fingerprint density at radius 1 is 0.560 bits per heavy atom. The van der Waals surface area contributed by atoms with E-state index in [1.54, 1.807) is 0 Å². The summed E-state index contributed by atoms with van der Waals surface area (Å²) >= 11 is 0. The van der Waals surface area contributed by atoms with Crippen molar-refractivity contribution in [1.82, 2.24) is 0 Å². The van der Waals surface area contributed by atoms with Gasteiger partial charge < -0.3 is 4.57 Å². The third-order valence-electron chi connectivity index (χ3n) is 4.46. The number of hydrogen-bond acceptors (Lipinski definition) is 1. The van der Waals surface area contributed by atoms with Gasteiger partial charge in [-0.2, -0.15) is 0 Å². The summed E-state index contributed by atoms with van der Waals surface area (Å²) < 4.78 is 14.5. The Morgan fingerprint density at radius 3 is 1.56 bits per heavy atom. The van der Waals surface area contributed by atoms with Gasteiger partial charge in [-0.15, -0.1) is 0 Å². The van der Waals surface area contributed by atoms with Crippen molar-refractivity contribution in [3.8, 4) is 0 Å². The highest BCUT2D eigenvalue weighted by Gasteiger charge is 2.45. The summed E-state index contributed by atoms with van der Waals surface area (Å²) in [6.45, 7) is 0. The first-order valence-electron chi connectivity index (χ1n) is 8.33. The predicted molar refractivity (Wildman–Crippen MR) is 105 cm³/mol. The van der Waals surface area contributed by atoms with Crippen LogP contribution >= 0.6 is 7.14 Å². The summed E-state index contributed by atoms with van der Waals surface area (Å²) in [6, 6.07) is 29.8. The fourth-order valence-electron chi connectivity index (χ4n) is 3.25. The molecule has 1 fully saturated rings. The maximum absolute atomic E-state index is 14.5. The Balaban J connectivity index is 1.85. The second kappa shape index (κ2) is 7.02. The van der Waals surface area contributed by atoms with E-state index in [9.17, 15) is 4.57 Å². The predicted octanol–water partition coefficient (Wildman–Crippen LogP) is 4.78. The quantitative estimate of drug-likeness (QED) is 0.624. The van der Waals surface area contributed by atoms with Crippen molar-refractivity contribution in [1.29, 1.82) is 0 Å². The third-order valence-corrected chi connectivity index (χ3v) is 7.58. The van der Waals surface area contributed by atoms with Gasteiger partial charge in [-0.1, -0.05) is 91.0 Å². The molecule has 1 saturated carbocycles. The maximum atomic E-state index is 14.5. The van der Waals surface area contributed by atoms with Gasteiger partial charge in [-0.25, -0.2) is 0 Å². The maximum Gasteiger partial charge on any atom is 0.151 e. The first-order chi connectivity index (χ1) is 12.3. The minimum atomic E-state index is -2.93. The lowest BCUT2D eigenvalue weighted by molar-refractivity contribution is 0.588. The normalized spacial score (nSPS) is 16.2. The van der Waals surface area contributed by atoms with Crippen LogP contribution in [0.4, 0.5) is 0 Å². The third kappa shape index (κ3) is 2.98. The molecule has 1 nitrogen and oxygen atoms in total. The van der Waals surface area contributed by atoms with E-state index in [1.165, 1.54) is 0 Å². The Bertz CT molecular complexity index is 815. The van der Waals surface area contributed by atoms with Crippen LogP contribution in [0.2, 0.25) is 0 Å². The van der Waals surface area contributed by atoms with Crippen molar-refractivity contribution in [2.75, 3.05) is 0 Å². The molecule has 0 atom stereocenters. The van der Waals surface area contributed by atoms with E-state index >= 15 is 0 Å². The molecule has 25 heavy (non-hydrogen) atoms. The highest BCUT2D eigenvalue weighted by molar-refractivity contribution is 7.81. The zero-order valence-corrected chi connectivity index (χ0v) is 14.6. The van der Waals surface area contributed by atoms with Gasteiger partial charge in [0.05, 0.1) is 5.66 Å². The Hall–Kier alpha value is -2.11. The average Bonchev–Trinajstić information content (AvgIpc) is 3.20. The highest BCUT2D eigenvalue weighted by Crippen LogP contribution is 2.63. The first kappa shape index (κ1) is 16.4. The summed E-state index contributed by atoms with van der Waals surface area (Å²) in [5.74, 6) is 1.04. The largest absolute Gasteiger partial charge is 0.313 e.